The summed E-state index contributed by atoms with van der Waals surface area (Å²) in [5.74, 6) is 1.23. The third kappa shape index (κ3) is 5.01. The summed E-state index contributed by atoms with van der Waals surface area (Å²) in [5.41, 5.74) is 5.17. The first-order chi connectivity index (χ1) is 14.9. The van der Waals surface area contributed by atoms with Crippen LogP contribution >= 0.6 is 43.5 Å². The van der Waals surface area contributed by atoms with E-state index in [1.807, 2.05) is 61.5 Å². The Morgan fingerprint density at radius 1 is 1.13 bits per heavy atom. The van der Waals surface area contributed by atoms with Gasteiger partial charge in [0, 0.05) is 5.02 Å². The van der Waals surface area contributed by atoms with E-state index in [-0.39, 0.29) is 0 Å². The molecule has 0 atom stereocenters. The number of H-pyrrole nitrogens is 1. The minimum Gasteiger partial charge on any atom is -0.487 e. The summed E-state index contributed by atoms with van der Waals surface area (Å²) in [4.78, 5) is 7.78. The lowest BCUT2D eigenvalue weighted by molar-refractivity contribution is 0.302. The van der Waals surface area contributed by atoms with Crippen molar-refractivity contribution in [1.82, 2.24) is 9.97 Å². The largest absolute Gasteiger partial charge is 0.487 e. The molecular formula is C24H16Br2ClN3O. The van der Waals surface area contributed by atoms with Crippen molar-refractivity contribution in [3.8, 4) is 11.8 Å². The minimum absolute atomic E-state index is 0.408. The number of aromatic amines is 1. The van der Waals surface area contributed by atoms with Crippen LogP contribution in [0.5, 0.6) is 5.75 Å². The van der Waals surface area contributed by atoms with Gasteiger partial charge >= 0.3 is 0 Å². The lowest BCUT2D eigenvalue weighted by atomic mass is 10.1. The molecule has 0 fully saturated rings. The van der Waals surface area contributed by atoms with Crippen LogP contribution in [0.2, 0.25) is 5.02 Å². The first-order valence-electron chi connectivity index (χ1n) is 9.38. The van der Waals surface area contributed by atoms with Crippen molar-refractivity contribution in [2.45, 2.75) is 13.5 Å². The molecule has 1 N–H and O–H groups in total. The summed E-state index contributed by atoms with van der Waals surface area (Å²) in [6.45, 7) is 2.43. The molecule has 1 heterocycles. The fourth-order valence-corrected chi connectivity index (χ4v) is 4.68. The molecule has 0 unspecified atom stereocenters. The van der Waals surface area contributed by atoms with Crippen LogP contribution in [0.25, 0.3) is 22.7 Å². The maximum absolute atomic E-state index is 9.71. The zero-order chi connectivity index (χ0) is 22.0. The Balaban J connectivity index is 1.60. The van der Waals surface area contributed by atoms with E-state index in [1.165, 1.54) is 0 Å². The van der Waals surface area contributed by atoms with E-state index in [1.54, 1.807) is 6.08 Å². The molecule has 0 saturated carbocycles. The fourth-order valence-electron chi connectivity index (χ4n) is 3.11. The predicted octanol–water partition coefficient (Wildman–Crippen LogP) is 7.69. The molecule has 31 heavy (non-hydrogen) atoms. The van der Waals surface area contributed by atoms with Gasteiger partial charge in [0.05, 0.1) is 25.6 Å². The first-order valence-corrected chi connectivity index (χ1v) is 11.3. The van der Waals surface area contributed by atoms with Crippen molar-refractivity contribution in [3.05, 3.63) is 91.1 Å². The smallest absolute Gasteiger partial charge is 0.149 e. The van der Waals surface area contributed by atoms with Gasteiger partial charge in [0.2, 0.25) is 0 Å². The van der Waals surface area contributed by atoms with Crippen LogP contribution in [0, 0.1) is 18.3 Å². The van der Waals surface area contributed by atoms with Gasteiger partial charge in [-0.2, -0.15) is 5.26 Å². The molecule has 3 aromatic carbocycles. The molecule has 0 aliphatic rings. The van der Waals surface area contributed by atoms with Gasteiger partial charge in [0.1, 0.15) is 24.3 Å². The number of aromatic nitrogens is 2. The number of halogens is 3. The summed E-state index contributed by atoms with van der Waals surface area (Å²) in [5, 5.41) is 10.4. The Hall–Kier alpha value is -2.59. The topological polar surface area (TPSA) is 61.7 Å². The van der Waals surface area contributed by atoms with Gasteiger partial charge in [-0.3, -0.25) is 0 Å². The third-order valence-electron chi connectivity index (χ3n) is 4.64. The molecule has 0 saturated heterocycles. The van der Waals surface area contributed by atoms with E-state index >= 15 is 0 Å². The van der Waals surface area contributed by atoms with Gasteiger partial charge in [-0.25, -0.2) is 4.98 Å². The molecule has 0 spiro atoms. The van der Waals surface area contributed by atoms with Crippen LogP contribution in [0.15, 0.2) is 63.5 Å². The van der Waals surface area contributed by atoms with Gasteiger partial charge in [-0.15, -0.1) is 0 Å². The van der Waals surface area contributed by atoms with Crippen LogP contribution in [-0.4, -0.2) is 9.97 Å². The van der Waals surface area contributed by atoms with E-state index in [2.05, 4.69) is 47.9 Å². The summed E-state index contributed by atoms with van der Waals surface area (Å²) >= 11 is 13.1. The molecule has 154 valence electrons. The summed E-state index contributed by atoms with van der Waals surface area (Å²) in [6.07, 6.45) is 1.79. The highest BCUT2D eigenvalue weighted by Gasteiger charge is 2.12. The predicted molar refractivity (Wildman–Crippen MR) is 132 cm³/mol. The molecule has 4 rings (SSSR count). The molecule has 1 aromatic heterocycles. The SMILES string of the molecule is Cc1ccc2nc(/C(C#N)=C\c3cc(Br)c(OCc4ccc(Cl)cc4)c(Br)c3)[nH]c2c1. The number of nitrogens with one attached hydrogen (secondary N) is 1. The highest BCUT2D eigenvalue weighted by atomic mass is 79.9. The number of hydrogen-bond acceptors (Lipinski definition) is 3. The third-order valence-corrected chi connectivity index (χ3v) is 6.07. The molecule has 4 aromatic rings. The Kier molecular flexibility index (Phi) is 6.47. The van der Waals surface area contributed by atoms with Crippen molar-refractivity contribution in [2.75, 3.05) is 0 Å². The number of benzene rings is 3. The Bertz CT molecular complexity index is 1310. The van der Waals surface area contributed by atoms with Crippen molar-refractivity contribution in [1.29, 1.82) is 5.26 Å². The zero-order valence-electron chi connectivity index (χ0n) is 16.4. The van der Waals surface area contributed by atoms with Gasteiger partial charge in [-0.1, -0.05) is 29.8 Å². The maximum atomic E-state index is 9.71. The average molecular weight is 558 g/mol. The van der Waals surface area contributed by atoms with Crippen molar-refractivity contribution in [2.24, 2.45) is 0 Å². The number of allylic oxidation sites excluding steroid dienone is 1. The number of rotatable bonds is 5. The number of ether oxygens (including phenoxy) is 1. The van der Waals surface area contributed by atoms with E-state index < -0.39 is 0 Å². The van der Waals surface area contributed by atoms with Crippen molar-refractivity contribution >= 4 is 66.1 Å². The highest BCUT2D eigenvalue weighted by Crippen LogP contribution is 2.36. The Morgan fingerprint density at radius 2 is 1.84 bits per heavy atom. The molecule has 0 bridgehead atoms. The fraction of sp³-hybridized carbons (Fsp3) is 0.0833. The zero-order valence-corrected chi connectivity index (χ0v) is 20.3. The van der Waals surface area contributed by atoms with E-state index in [9.17, 15) is 5.26 Å². The first kappa shape index (κ1) is 21.6. The molecule has 0 amide bonds. The highest BCUT2D eigenvalue weighted by molar-refractivity contribution is 9.11. The van der Waals surface area contributed by atoms with Crippen molar-refractivity contribution < 1.29 is 4.74 Å². The minimum atomic E-state index is 0.408. The van der Waals surface area contributed by atoms with Gasteiger partial charge in [0.25, 0.3) is 0 Å². The van der Waals surface area contributed by atoms with Gasteiger partial charge in [-0.05, 0) is 97.9 Å². The molecule has 4 nitrogen and oxygen atoms in total. The monoisotopic (exact) mass is 555 g/mol. The quantitative estimate of drug-likeness (QED) is 0.256. The van der Waals surface area contributed by atoms with E-state index in [0.29, 0.717) is 28.8 Å². The molecule has 0 aliphatic carbocycles. The van der Waals surface area contributed by atoms with E-state index in [4.69, 9.17) is 16.3 Å². The van der Waals surface area contributed by atoms with Crippen LogP contribution in [0.3, 0.4) is 0 Å². The second-order valence-corrected chi connectivity index (χ2v) is 9.15. The molecule has 0 radical (unpaired) electrons. The lowest BCUT2D eigenvalue weighted by Gasteiger charge is -2.12. The van der Waals surface area contributed by atoms with Crippen LogP contribution < -0.4 is 4.74 Å². The number of nitriles is 1. The number of nitrogens with zero attached hydrogens (tertiary/aromatic N) is 2. The number of fused-ring (bicyclic) bond motifs is 1. The summed E-state index contributed by atoms with van der Waals surface area (Å²) in [6, 6.07) is 19.5. The second-order valence-electron chi connectivity index (χ2n) is 7.00. The average Bonchev–Trinajstić information content (AvgIpc) is 3.15. The lowest BCUT2D eigenvalue weighted by Crippen LogP contribution is -1.97. The molecule has 7 heteroatoms. The van der Waals surface area contributed by atoms with Gasteiger partial charge < -0.3 is 9.72 Å². The molecular weight excluding hydrogens is 542 g/mol. The van der Waals surface area contributed by atoms with E-state index in [0.717, 1.165) is 36.7 Å². The summed E-state index contributed by atoms with van der Waals surface area (Å²) < 4.78 is 7.53. The number of aryl methyl sites for hydroxylation is 1. The van der Waals surface area contributed by atoms with Crippen LogP contribution in [0.4, 0.5) is 0 Å². The second kappa shape index (κ2) is 9.27. The van der Waals surface area contributed by atoms with Gasteiger partial charge in [0.15, 0.2) is 0 Å². The van der Waals surface area contributed by atoms with Crippen molar-refractivity contribution in [3.63, 3.8) is 0 Å². The number of imidazole rings is 1. The Morgan fingerprint density at radius 3 is 2.52 bits per heavy atom. The Labute approximate surface area is 201 Å². The maximum Gasteiger partial charge on any atom is 0.149 e. The van der Waals surface area contributed by atoms with Crippen LogP contribution in [0.1, 0.15) is 22.5 Å². The van der Waals surface area contributed by atoms with Crippen LogP contribution in [-0.2, 0) is 6.61 Å². The normalized spacial score (nSPS) is 11.5. The number of hydrogen-bond donors (Lipinski definition) is 1. The standard InChI is InChI=1S/C24H16Br2ClN3O/c1-14-2-7-21-22(8-14)30-24(29-21)17(12-28)9-16-10-19(25)23(20(26)11-16)31-13-15-3-5-18(27)6-4-15/h2-11H,13H2,1H3,(H,29,30)/b17-9-. The molecule has 0 aliphatic heterocycles. The summed E-state index contributed by atoms with van der Waals surface area (Å²) in [7, 11) is 0.